The molecule has 0 aliphatic heterocycles. The Labute approximate surface area is 139 Å². The van der Waals surface area contributed by atoms with Crippen LogP contribution in [0.1, 0.15) is 5.56 Å². The van der Waals surface area contributed by atoms with Crippen molar-refractivity contribution >= 4 is 28.6 Å². The molecule has 6 nitrogen and oxygen atoms in total. The van der Waals surface area contributed by atoms with Crippen LogP contribution in [0.5, 0.6) is 0 Å². The first-order valence-electron chi connectivity index (χ1n) is 7.69. The molecule has 2 aromatic carbocycles. The maximum Gasteiger partial charge on any atom is 0.231 e. The van der Waals surface area contributed by atoms with Gasteiger partial charge >= 0.3 is 0 Å². The van der Waals surface area contributed by atoms with E-state index in [1.54, 1.807) is 6.33 Å². The number of hydrogen-bond donors (Lipinski definition) is 3. The number of anilines is 3. The Morgan fingerprint density at radius 1 is 0.875 bits per heavy atom. The number of imidazole rings is 1. The smallest absolute Gasteiger partial charge is 0.231 e. The van der Waals surface area contributed by atoms with E-state index >= 15 is 0 Å². The van der Waals surface area contributed by atoms with E-state index in [9.17, 15) is 0 Å². The van der Waals surface area contributed by atoms with Gasteiger partial charge in [-0.25, -0.2) is 4.98 Å². The molecule has 4 rings (SSSR count). The molecule has 0 saturated carbocycles. The number of H-pyrrole nitrogens is 1. The summed E-state index contributed by atoms with van der Waals surface area (Å²) in [5.74, 6) is 1.23. The highest BCUT2D eigenvalue weighted by Crippen LogP contribution is 2.21. The summed E-state index contributed by atoms with van der Waals surface area (Å²) < 4.78 is 0. The highest BCUT2D eigenvalue weighted by Gasteiger charge is 2.10. The van der Waals surface area contributed by atoms with Crippen molar-refractivity contribution in [1.82, 2.24) is 19.9 Å². The van der Waals surface area contributed by atoms with Gasteiger partial charge in [0, 0.05) is 12.2 Å². The van der Waals surface area contributed by atoms with Gasteiger partial charge in [0.2, 0.25) is 5.95 Å². The Morgan fingerprint density at radius 2 is 1.62 bits per heavy atom. The van der Waals surface area contributed by atoms with Gasteiger partial charge in [-0.15, -0.1) is 0 Å². The van der Waals surface area contributed by atoms with Crippen molar-refractivity contribution in [2.75, 3.05) is 10.6 Å². The lowest BCUT2D eigenvalue weighted by Crippen LogP contribution is -2.05. The lowest BCUT2D eigenvalue weighted by Gasteiger charge is -2.09. The van der Waals surface area contributed by atoms with Crippen LogP contribution in [-0.4, -0.2) is 19.9 Å². The largest absolute Gasteiger partial charge is 0.364 e. The molecule has 0 bridgehead atoms. The molecule has 0 atom stereocenters. The fourth-order valence-electron chi connectivity index (χ4n) is 2.45. The lowest BCUT2D eigenvalue weighted by atomic mass is 10.2. The van der Waals surface area contributed by atoms with Crippen LogP contribution in [0.2, 0.25) is 0 Å². The van der Waals surface area contributed by atoms with Gasteiger partial charge in [0.25, 0.3) is 0 Å². The molecule has 0 unspecified atom stereocenters. The molecule has 0 radical (unpaired) electrons. The van der Waals surface area contributed by atoms with Crippen molar-refractivity contribution in [1.29, 1.82) is 0 Å². The average molecular weight is 316 g/mol. The van der Waals surface area contributed by atoms with Crippen LogP contribution < -0.4 is 10.6 Å². The topological polar surface area (TPSA) is 78.5 Å². The summed E-state index contributed by atoms with van der Waals surface area (Å²) in [5, 5.41) is 6.56. The van der Waals surface area contributed by atoms with E-state index in [4.69, 9.17) is 0 Å². The van der Waals surface area contributed by atoms with E-state index in [0.717, 1.165) is 17.0 Å². The molecule has 2 heterocycles. The van der Waals surface area contributed by atoms with Crippen LogP contribution >= 0.6 is 0 Å². The summed E-state index contributed by atoms with van der Waals surface area (Å²) >= 11 is 0. The minimum absolute atomic E-state index is 0.511. The second-order valence-electron chi connectivity index (χ2n) is 5.33. The molecule has 24 heavy (non-hydrogen) atoms. The molecule has 4 aromatic rings. The lowest BCUT2D eigenvalue weighted by molar-refractivity contribution is 1.10. The Hall–Kier alpha value is -3.41. The number of fused-ring (bicyclic) bond motifs is 1. The monoisotopic (exact) mass is 316 g/mol. The number of aromatic amines is 1. The number of hydrogen-bond acceptors (Lipinski definition) is 5. The van der Waals surface area contributed by atoms with Crippen LogP contribution in [0, 0.1) is 0 Å². The Balaban J connectivity index is 1.62. The van der Waals surface area contributed by atoms with Gasteiger partial charge in [-0.05, 0) is 17.7 Å². The number of para-hydroxylation sites is 1. The molecule has 3 N–H and O–H groups in total. The average Bonchev–Trinajstić information content (AvgIpc) is 3.10. The van der Waals surface area contributed by atoms with Gasteiger partial charge in [0.1, 0.15) is 5.52 Å². The quantitative estimate of drug-likeness (QED) is 0.523. The predicted molar refractivity (Wildman–Crippen MR) is 95.2 cm³/mol. The number of benzene rings is 2. The first-order valence-corrected chi connectivity index (χ1v) is 7.69. The van der Waals surface area contributed by atoms with E-state index in [-0.39, 0.29) is 0 Å². The summed E-state index contributed by atoms with van der Waals surface area (Å²) in [6.07, 6.45) is 1.62. The van der Waals surface area contributed by atoms with Crippen molar-refractivity contribution < 1.29 is 0 Å². The normalized spacial score (nSPS) is 10.7. The predicted octanol–water partition coefficient (Wildman–Crippen LogP) is 3.71. The molecule has 6 heteroatoms. The molecule has 0 aliphatic rings. The van der Waals surface area contributed by atoms with Crippen molar-refractivity contribution in [3.63, 3.8) is 0 Å². The second kappa shape index (κ2) is 6.37. The molecule has 118 valence electrons. The third-order valence-corrected chi connectivity index (χ3v) is 3.62. The summed E-state index contributed by atoms with van der Waals surface area (Å²) in [5.41, 5.74) is 3.53. The van der Waals surface area contributed by atoms with Crippen LogP contribution in [0.25, 0.3) is 11.2 Å². The van der Waals surface area contributed by atoms with E-state index in [1.807, 2.05) is 48.5 Å². The number of nitrogens with zero attached hydrogens (tertiary/aromatic N) is 3. The summed E-state index contributed by atoms with van der Waals surface area (Å²) in [4.78, 5) is 16.4. The van der Waals surface area contributed by atoms with Crippen LogP contribution in [0.3, 0.4) is 0 Å². The fraction of sp³-hybridized carbons (Fsp3) is 0.0556. The van der Waals surface area contributed by atoms with E-state index < -0.39 is 0 Å². The minimum atomic E-state index is 0.511. The van der Waals surface area contributed by atoms with E-state index in [0.29, 0.717) is 18.1 Å². The maximum atomic E-state index is 4.58. The van der Waals surface area contributed by atoms with Gasteiger partial charge in [-0.1, -0.05) is 48.5 Å². The molecule has 0 fully saturated rings. The summed E-state index contributed by atoms with van der Waals surface area (Å²) in [6, 6.07) is 20.0. The van der Waals surface area contributed by atoms with Gasteiger partial charge in [-0.2, -0.15) is 9.97 Å². The minimum Gasteiger partial charge on any atom is -0.364 e. The maximum absolute atomic E-state index is 4.58. The molecular formula is C18H16N6. The first-order chi connectivity index (χ1) is 11.9. The number of aromatic nitrogens is 4. The van der Waals surface area contributed by atoms with Gasteiger partial charge < -0.3 is 15.6 Å². The molecule has 0 saturated heterocycles. The van der Waals surface area contributed by atoms with Crippen LogP contribution in [-0.2, 0) is 6.54 Å². The number of nitrogens with one attached hydrogen (secondary N) is 3. The highest BCUT2D eigenvalue weighted by atomic mass is 15.2. The zero-order chi connectivity index (χ0) is 16.2. The third-order valence-electron chi connectivity index (χ3n) is 3.62. The Bertz CT molecular complexity index is 934. The molecule has 0 aliphatic carbocycles. The summed E-state index contributed by atoms with van der Waals surface area (Å²) in [6.45, 7) is 0.677. The standard InChI is InChI=1S/C18H16N6/c1-3-7-13(8-4-1)11-19-16-15-17(21-12-20-15)24-18(23-16)22-14-9-5-2-6-10-14/h1-10,12H,11H2,(H3,19,20,21,22,23,24). The summed E-state index contributed by atoms with van der Waals surface area (Å²) in [7, 11) is 0. The SMILES string of the molecule is c1ccc(CNc2nc(Nc3ccccc3)nc3nc[nH]c23)cc1. The fourth-order valence-corrected chi connectivity index (χ4v) is 2.45. The second-order valence-corrected chi connectivity index (χ2v) is 5.33. The molecule has 0 amide bonds. The van der Waals surface area contributed by atoms with Gasteiger partial charge in [0.05, 0.1) is 6.33 Å². The Kier molecular flexibility index (Phi) is 3.77. The van der Waals surface area contributed by atoms with Crippen molar-refractivity contribution in [2.24, 2.45) is 0 Å². The zero-order valence-corrected chi connectivity index (χ0v) is 12.9. The third kappa shape index (κ3) is 3.03. The highest BCUT2D eigenvalue weighted by molar-refractivity contribution is 5.84. The van der Waals surface area contributed by atoms with E-state index in [1.165, 1.54) is 5.56 Å². The van der Waals surface area contributed by atoms with Crippen LogP contribution in [0.4, 0.5) is 17.5 Å². The Morgan fingerprint density at radius 3 is 2.42 bits per heavy atom. The van der Waals surface area contributed by atoms with Gasteiger partial charge in [0.15, 0.2) is 11.5 Å². The van der Waals surface area contributed by atoms with Crippen molar-refractivity contribution in [3.05, 3.63) is 72.6 Å². The van der Waals surface area contributed by atoms with E-state index in [2.05, 4.69) is 42.7 Å². The first kappa shape index (κ1) is 14.2. The molecule has 2 aromatic heterocycles. The number of rotatable bonds is 5. The molecule has 0 spiro atoms. The van der Waals surface area contributed by atoms with Gasteiger partial charge in [-0.3, -0.25) is 0 Å². The molecular weight excluding hydrogens is 300 g/mol. The zero-order valence-electron chi connectivity index (χ0n) is 12.9. The van der Waals surface area contributed by atoms with Crippen molar-refractivity contribution in [2.45, 2.75) is 6.54 Å². The van der Waals surface area contributed by atoms with Crippen LogP contribution in [0.15, 0.2) is 67.0 Å². The van der Waals surface area contributed by atoms with Crippen molar-refractivity contribution in [3.8, 4) is 0 Å².